The van der Waals surface area contributed by atoms with Gasteiger partial charge in [-0.2, -0.15) is 0 Å². The highest BCUT2D eigenvalue weighted by molar-refractivity contribution is 5.20. The van der Waals surface area contributed by atoms with E-state index in [1.165, 1.54) is 25.7 Å². The molecule has 1 N–H and O–H groups in total. The van der Waals surface area contributed by atoms with Gasteiger partial charge < -0.3 is 9.84 Å². The molecule has 2 nitrogen and oxygen atoms in total. The summed E-state index contributed by atoms with van der Waals surface area (Å²) in [4.78, 5) is 0. The number of hydrogen-bond acceptors (Lipinski definition) is 2. The van der Waals surface area contributed by atoms with E-state index in [4.69, 9.17) is 4.74 Å². The molecule has 0 aromatic heterocycles. The van der Waals surface area contributed by atoms with Gasteiger partial charge in [0, 0.05) is 0 Å². The van der Waals surface area contributed by atoms with E-state index in [0.29, 0.717) is 12.5 Å². The van der Waals surface area contributed by atoms with Gasteiger partial charge in [0.05, 0.1) is 6.10 Å². The van der Waals surface area contributed by atoms with Crippen LogP contribution in [0.15, 0.2) is 30.3 Å². The van der Waals surface area contributed by atoms with Crippen LogP contribution < -0.4 is 4.74 Å². The molecule has 2 heteroatoms. The van der Waals surface area contributed by atoms with E-state index in [1.54, 1.807) is 0 Å². The maximum atomic E-state index is 10.1. The van der Waals surface area contributed by atoms with Gasteiger partial charge in [-0.05, 0) is 30.9 Å². The molecule has 0 saturated heterocycles. The molecular weight excluding hydrogens is 212 g/mol. The smallest absolute Gasteiger partial charge is 0.119 e. The number of aliphatic hydroxyl groups is 1. The lowest BCUT2D eigenvalue weighted by Gasteiger charge is -2.21. The molecule has 1 atom stereocenters. The van der Waals surface area contributed by atoms with E-state index < -0.39 is 0 Å². The standard InChI is InChI=1S/C15H22O2/c16-15(13-8-4-1-2-5-9-13)12-17-14-10-6-3-7-11-14/h3,6-7,10-11,13,15-16H,1-2,4-5,8-9,12H2. The van der Waals surface area contributed by atoms with Gasteiger partial charge in [-0.15, -0.1) is 0 Å². The fourth-order valence-corrected chi connectivity index (χ4v) is 2.53. The summed E-state index contributed by atoms with van der Waals surface area (Å²) in [6.45, 7) is 0.425. The van der Waals surface area contributed by atoms with Crippen molar-refractivity contribution in [3.05, 3.63) is 30.3 Å². The Morgan fingerprint density at radius 1 is 1.06 bits per heavy atom. The van der Waals surface area contributed by atoms with Crippen molar-refractivity contribution in [2.75, 3.05) is 6.61 Å². The monoisotopic (exact) mass is 234 g/mol. The van der Waals surface area contributed by atoms with Crippen LogP contribution in [0.2, 0.25) is 0 Å². The molecule has 0 spiro atoms. The van der Waals surface area contributed by atoms with Gasteiger partial charge >= 0.3 is 0 Å². The van der Waals surface area contributed by atoms with E-state index in [1.807, 2.05) is 30.3 Å². The largest absolute Gasteiger partial charge is 0.491 e. The van der Waals surface area contributed by atoms with Crippen molar-refractivity contribution in [2.24, 2.45) is 5.92 Å². The number of rotatable bonds is 4. The van der Waals surface area contributed by atoms with E-state index in [0.717, 1.165) is 18.6 Å². The second-order valence-electron chi connectivity index (χ2n) is 4.94. The first-order valence-corrected chi connectivity index (χ1v) is 6.72. The Morgan fingerprint density at radius 3 is 2.35 bits per heavy atom. The summed E-state index contributed by atoms with van der Waals surface area (Å²) in [5, 5.41) is 10.1. The van der Waals surface area contributed by atoms with Crippen molar-refractivity contribution >= 4 is 0 Å². The Hall–Kier alpha value is -1.02. The van der Waals surface area contributed by atoms with Crippen LogP contribution in [0.3, 0.4) is 0 Å². The molecule has 0 bridgehead atoms. The molecule has 1 aromatic carbocycles. The van der Waals surface area contributed by atoms with Crippen molar-refractivity contribution in [3.8, 4) is 5.75 Å². The number of benzene rings is 1. The van der Waals surface area contributed by atoms with Crippen molar-refractivity contribution in [1.29, 1.82) is 0 Å². The summed E-state index contributed by atoms with van der Waals surface area (Å²) in [6, 6.07) is 9.73. The number of ether oxygens (including phenoxy) is 1. The first-order chi connectivity index (χ1) is 8.36. The normalized spacial score (nSPS) is 19.6. The van der Waals surface area contributed by atoms with E-state index in [-0.39, 0.29) is 6.10 Å². The van der Waals surface area contributed by atoms with Crippen LogP contribution >= 0.6 is 0 Å². The predicted molar refractivity (Wildman–Crippen MR) is 69.1 cm³/mol. The van der Waals surface area contributed by atoms with Gasteiger partial charge in [0.15, 0.2) is 0 Å². The lowest BCUT2D eigenvalue weighted by atomic mass is 9.94. The Kier molecular flexibility index (Phi) is 4.87. The Morgan fingerprint density at radius 2 is 1.71 bits per heavy atom. The highest BCUT2D eigenvalue weighted by atomic mass is 16.5. The molecule has 0 radical (unpaired) electrons. The minimum Gasteiger partial charge on any atom is -0.491 e. The Labute approximate surface area is 104 Å². The molecule has 2 rings (SSSR count). The maximum absolute atomic E-state index is 10.1. The van der Waals surface area contributed by atoms with Crippen LogP contribution in [0.5, 0.6) is 5.75 Å². The lowest BCUT2D eigenvalue weighted by molar-refractivity contribution is 0.0506. The minimum absolute atomic E-state index is 0.312. The topological polar surface area (TPSA) is 29.5 Å². The van der Waals surface area contributed by atoms with Crippen LogP contribution in [0, 0.1) is 5.92 Å². The molecular formula is C15H22O2. The molecule has 0 aliphatic heterocycles. The van der Waals surface area contributed by atoms with Crippen LogP contribution in [-0.2, 0) is 0 Å². The molecule has 94 valence electrons. The zero-order valence-electron chi connectivity index (χ0n) is 10.3. The Bertz CT molecular complexity index is 302. The van der Waals surface area contributed by atoms with Crippen molar-refractivity contribution < 1.29 is 9.84 Å². The zero-order valence-corrected chi connectivity index (χ0v) is 10.3. The highest BCUT2D eigenvalue weighted by Gasteiger charge is 2.21. The molecule has 0 amide bonds. The third-order valence-electron chi connectivity index (χ3n) is 3.61. The third-order valence-corrected chi connectivity index (χ3v) is 3.61. The molecule has 17 heavy (non-hydrogen) atoms. The first-order valence-electron chi connectivity index (χ1n) is 6.72. The zero-order chi connectivity index (χ0) is 11.9. The second-order valence-corrected chi connectivity index (χ2v) is 4.94. The van der Waals surface area contributed by atoms with Gasteiger partial charge in [-0.1, -0.05) is 43.9 Å². The van der Waals surface area contributed by atoms with E-state index in [9.17, 15) is 5.11 Å². The molecule has 1 aromatic rings. The fourth-order valence-electron chi connectivity index (χ4n) is 2.53. The third kappa shape index (κ3) is 4.04. The van der Waals surface area contributed by atoms with Gasteiger partial charge in [-0.25, -0.2) is 0 Å². The molecule has 1 aliphatic carbocycles. The van der Waals surface area contributed by atoms with Crippen molar-refractivity contribution in [2.45, 2.75) is 44.6 Å². The van der Waals surface area contributed by atoms with Crippen LogP contribution in [0.1, 0.15) is 38.5 Å². The summed E-state index contributed by atoms with van der Waals surface area (Å²) in [7, 11) is 0. The number of aliphatic hydroxyl groups excluding tert-OH is 1. The van der Waals surface area contributed by atoms with Gasteiger partial charge in [0.25, 0.3) is 0 Å². The number of hydrogen-bond donors (Lipinski definition) is 1. The van der Waals surface area contributed by atoms with E-state index in [2.05, 4.69) is 0 Å². The fraction of sp³-hybridized carbons (Fsp3) is 0.600. The number of para-hydroxylation sites is 1. The second kappa shape index (κ2) is 6.65. The van der Waals surface area contributed by atoms with E-state index >= 15 is 0 Å². The predicted octanol–water partition coefficient (Wildman–Crippen LogP) is 3.40. The molecule has 1 fully saturated rings. The van der Waals surface area contributed by atoms with Crippen LogP contribution in [0.25, 0.3) is 0 Å². The highest BCUT2D eigenvalue weighted by Crippen LogP contribution is 2.26. The van der Waals surface area contributed by atoms with Crippen molar-refractivity contribution in [3.63, 3.8) is 0 Å². The maximum Gasteiger partial charge on any atom is 0.119 e. The summed E-state index contributed by atoms with van der Waals surface area (Å²) < 4.78 is 5.61. The summed E-state index contributed by atoms with van der Waals surface area (Å²) in [5.41, 5.74) is 0. The van der Waals surface area contributed by atoms with Crippen LogP contribution in [-0.4, -0.2) is 17.8 Å². The lowest BCUT2D eigenvalue weighted by Crippen LogP contribution is -2.27. The minimum atomic E-state index is -0.312. The summed E-state index contributed by atoms with van der Waals surface area (Å²) in [5.74, 6) is 1.28. The molecule has 1 unspecified atom stereocenters. The molecule has 1 aliphatic rings. The molecule has 0 heterocycles. The van der Waals surface area contributed by atoms with Gasteiger partial charge in [0.1, 0.15) is 12.4 Å². The van der Waals surface area contributed by atoms with Gasteiger partial charge in [0.2, 0.25) is 0 Å². The average molecular weight is 234 g/mol. The quantitative estimate of drug-likeness (QED) is 0.809. The first kappa shape index (κ1) is 12.4. The van der Waals surface area contributed by atoms with Crippen molar-refractivity contribution in [1.82, 2.24) is 0 Å². The Balaban J connectivity index is 1.78. The SMILES string of the molecule is OC(COc1ccccc1)C1CCCCCC1. The summed E-state index contributed by atoms with van der Waals surface area (Å²) >= 11 is 0. The van der Waals surface area contributed by atoms with Crippen LogP contribution in [0.4, 0.5) is 0 Å². The molecule has 1 saturated carbocycles. The average Bonchev–Trinajstić information content (AvgIpc) is 2.66. The van der Waals surface area contributed by atoms with Gasteiger partial charge in [-0.3, -0.25) is 0 Å². The summed E-state index contributed by atoms with van der Waals surface area (Å²) in [6.07, 6.45) is 7.15.